The predicted molar refractivity (Wildman–Crippen MR) is 140 cm³/mol. The number of nitrogen functional groups attached to an aromatic ring is 1. The summed E-state index contributed by atoms with van der Waals surface area (Å²) in [6.45, 7) is 4.56. The number of anilines is 2. The summed E-state index contributed by atoms with van der Waals surface area (Å²) >= 11 is 0. The van der Waals surface area contributed by atoms with Crippen molar-refractivity contribution in [3.8, 4) is 28.7 Å². The van der Waals surface area contributed by atoms with Crippen molar-refractivity contribution in [1.29, 1.82) is 5.26 Å². The van der Waals surface area contributed by atoms with Gasteiger partial charge >= 0.3 is 5.97 Å². The van der Waals surface area contributed by atoms with Gasteiger partial charge in [0, 0.05) is 31.2 Å². The van der Waals surface area contributed by atoms with E-state index >= 15 is 0 Å². The summed E-state index contributed by atoms with van der Waals surface area (Å²) < 4.78 is 1.68. The molecule has 0 radical (unpaired) electrons. The highest BCUT2D eigenvalue weighted by molar-refractivity contribution is 5.69. The Balaban J connectivity index is 1.32. The van der Waals surface area contributed by atoms with E-state index in [2.05, 4.69) is 38.2 Å². The van der Waals surface area contributed by atoms with Crippen LogP contribution in [0.15, 0.2) is 54.7 Å². The van der Waals surface area contributed by atoms with Gasteiger partial charge in [-0.05, 0) is 37.3 Å². The number of hydrogen-bond donors (Lipinski definition) is 2. The molecule has 1 fully saturated rings. The fourth-order valence-corrected chi connectivity index (χ4v) is 4.58. The van der Waals surface area contributed by atoms with Crippen molar-refractivity contribution in [2.45, 2.75) is 19.5 Å². The molecule has 1 aliphatic rings. The molecule has 1 aromatic carbocycles. The second kappa shape index (κ2) is 10.6. The number of carboxylic acid groups (broad SMARTS) is 1. The van der Waals surface area contributed by atoms with Gasteiger partial charge in [0.05, 0.1) is 48.0 Å². The number of nitriles is 1. The van der Waals surface area contributed by atoms with E-state index in [0.717, 1.165) is 17.1 Å². The maximum absolute atomic E-state index is 11.1. The number of rotatable bonds is 7. The summed E-state index contributed by atoms with van der Waals surface area (Å²) in [5.41, 5.74) is 9.72. The van der Waals surface area contributed by atoms with Crippen LogP contribution in [0.5, 0.6) is 0 Å². The summed E-state index contributed by atoms with van der Waals surface area (Å²) in [6, 6.07) is 17.0. The van der Waals surface area contributed by atoms with E-state index in [4.69, 9.17) is 15.8 Å². The lowest BCUT2D eigenvalue weighted by atomic mass is 10.1. The lowest BCUT2D eigenvalue weighted by molar-refractivity contribution is -0.138. The molecule has 12 heteroatoms. The van der Waals surface area contributed by atoms with Crippen molar-refractivity contribution >= 4 is 17.7 Å². The van der Waals surface area contributed by atoms with Gasteiger partial charge in [-0.1, -0.05) is 23.4 Å². The van der Waals surface area contributed by atoms with Crippen LogP contribution < -0.4 is 10.6 Å². The monoisotopic (exact) mass is 510 g/mol. The van der Waals surface area contributed by atoms with Crippen LogP contribution in [0.4, 0.5) is 11.8 Å². The molecule has 12 nitrogen and oxygen atoms in total. The standard InChI is InChI=1S/C26H26N10O2/c1-17-13-34(16-25(37)38)8-9-36(17)24-7-3-6-20(29-24)14-35-15-23(32-33-35)22-11-21(30-26(28)31-22)19-5-2-4-18(10-19)12-27/h2-7,10-11,15,17H,8-9,13-14,16H2,1H3,(H,37,38)(H2,28,30,31). The van der Waals surface area contributed by atoms with Gasteiger partial charge in [-0.25, -0.2) is 19.6 Å². The number of benzene rings is 1. The molecule has 4 aromatic rings. The highest BCUT2D eigenvalue weighted by Gasteiger charge is 2.26. The van der Waals surface area contributed by atoms with Gasteiger partial charge in [-0.15, -0.1) is 5.10 Å². The Hall–Kier alpha value is -4.89. The van der Waals surface area contributed by atoms with Crippen molar-refractivity contribution in [1.82, 2.24) is 34.8 Å². The average molecular weight is 511 g/mol. The second-order valence-corrected chi connectivity index (χ2v) is 9.15. The molecule has 3 aromatic heterocycles. The minimum atomic E-state index is -0.813. The van der Waals surface area contributed by atoms with Crippen LogP contribution in [0.1, 0.15) is 18.2 Å². The lowest BCUT2D eigenvalue weighted by Gasteiger charge is -2.40. The number of carbonyl (C=O) groups is 1. The van der Waals surface area contributed by atoms with Gasteiger partial charge in [-0.2, -0.15) is 5.26 Å². The molecule has 0 amide bonds. The van der Waals surface area contributed by atoms with Crippen LogP contribution in [-0.2, 0) is 11.3 Å². The van der Waals surface area contributed by atoms with Crippen molar-refractivity contribution in [2.24, 2.45) is 0 Å². The van der Waals surface area contributed by atoms with Crippen LogP contribution in [0.25, 0.3) is 22.6 Å². The Morgan fingerprint density at radius 2 is 1.92 bits per heavy atom. The summed E-state index contributed by atoms with van der Waals surface area (Å²) in [5.74, 6) is 0.131. The van der Waals surface area contributed by atoms with E-state index in [0.29, 0.717) is 48.8 Å². The van der Waals surface area contributed by atoms with Crippen LogP contribution in [-0.4, -0.2) is 78.1 Å². The SMILES string of the molecule is CC1CN(CC(=O)O)CCN1c1cccc(Cn2cc(-c3cc(-c4cccc(C#N)c4)nc(N)n3)nn2)n1. The van der Waals surface area contributed by atoms with E-state index in [1.54, 1.807) is 35.1 Å². The lowest BCUT2D eigenvalue weighted by Crippen LogP contribution is -2.53. The topological polar surface area (TPSA) is 163 Å². The third kappa shape index (κ3) is 5.58. The zero-order valence-electron chi connectivity index (χ0n) is 20.8. The van der Waals surface area contributed by atoms with Crippen molar-refractivity contribution < 1.29 is 9.90 Å². The van der Waals surface area contributed by atoms with Crippen molar-refractivity contribution in [2.75, 3.05) is 36.8 Å². The van der Waals surface area contributed by atoms with Crippen LogP contribution >= 0.6 is 0 Å². The number of nitrogens with two attached hydrogens (primary N) is 1. The van der Waals surface area contributed by atoms with Gasteiger partial charge < -0.3 is 15.7 Å². The van der Waals surface area contributed by atoms with Gasteiger partial charge in [0.1, 0.15) is 11.5 Å². The molecule has 5 rings (SSSR count). The van der Waals surface area contributed by atoms with E-state index < -0.39 is 5.97 Å². The van der Waals surface area contributed by atoms with E-state index in [-0.39, 0.29) is 18.5 Å². The molecule has 3 N–H and O–H groups in total. The maximum atomic E-state index is 11.1. The van der Waals surface area contributed by atoms with Gasteiger partial charge in [0.15, 0.2) is 0 Å². The fourth-order valence-electron chi connectivity index (χ4n) is 4.58. The normalized spacial score (nSPS) is 15.8. The molecule has 1 aliphatic heterocycles. The van der Waals surface area contributed by atoms with E-state index in [1.165, 1.54) is 0 Å². The van der Waals surface area contributed by atoms with Crippen LogP contribution in [0.2, 0.25) is 0 Å². The minimum absolute atomic E-state index is 0.0476. The highest BCUT2D eigenvalue weighted by Crippen LogP contribution is 2.24. The summed E-state index contributed by atoms with van der Waals surface area (Å²) in [5, 5.41) is 26.8. The number of aromatic nitrogens is 6. The predicted octanol–water partition coefficient (Wildman–Crippen LogP) is 1.89. The van der Waals surface area contributed by atoms with Crippen molar-refractivity contribution in [3.05, 3.63) is 66.0 Å². The molecule has 1 unspecified atom stereocenters. The molecule has 4 heterocycles. The zero-order valence-corrected chi connectivity index (χ0v) is 20.8. The number of piperazine rings is 1. The van der Waals surface area contributed by atoms with Crippen molar-refractivity contribution in [3.63, 3.8) is 0 Å². The summed E-state index contributed by atoms with van der Waals surface area (Å²) in [6.07, 6.45) is 1.78. The van der Waals surface area contributed by atoms with Crippen LogP contribution in [0.3, 0.4) is 0 Å². The maximum Gasteiger partial charge on any atom is 0.317 e. The minimum Gasteiger partial charge on any atom is -0.480 e. The number of pyridine rings is 1. The Kier molecular flexibility index (Phi) is 6.92. The van der Waals surface area contributed by atoms with Gasteiger partial charge in [0.25, 0.3) is 0 Å². The third-order valence-corrected chi connectivity index (χ3v) is 6.31. The average Bonchev–Trinajstić information content (AvgIpc) is 3.37. The number of aliphatic carboxylic acids is 1. The molecule has 192 valence electrons. The largest absolute Gasteiger partial charge is 0.480 e. The first-order chi connectivity index (χ1) is 18.4. The smallest absolute Gasteiger partial charge is 0.317 e. The number of carboxylic acids is 1. The molecule has 1 saturated heterocycles. The Morgan fingerprint density at radius 1 is 1.11 bits per heavy atom. The zero-order chi connectivity index (χ0) is 26.6. The molecule has 1 atom stereocenters. The third-order valence-electron chi connectivity index (χ3n) is 6.31. The molecular weight excluding hydrogens is 484 g/mol. The van der Waals surface area contributed by atoms with Gasteiger partial charge in [-0.3, -0.25) is 9.69 Å². The van der Waals surface area contributed by atoms with E-state index in [1.807, 2.05) is 29.2 Å². The summed E-state index contributed by atoms with van der Waals surface area (Å²) in [4.78, 5) is 28.7. The molecule has 0 bridgehead atoms. The molecule has 38 heavy (non-hydrogen) atoms. The van der Waals surface area contributed by atoms with Gasteiger partial charge in [0.2, 0.25) is 5.95 Å². The number of hydrogen-bond acceptors (Lipinski definition) is 10. The first-order valence-electron chi connectivity index (χ1n) is 12.1. The van der Waals surface area contributed by atoms with E-state index in [9.17, 15) is 10.1 Å². The first-order valence-corrected chi connectivity index (χ1v) is 12.1. The fraction of sp³-hybridized carbons (Fsp3) is 0.269. The van der Waals surface area contributed by atoms with Crippen LogP contribution in [0, 0.1) is 11.3 Å². The molecule has 0 aliphatic carbocycles. The molecule has 0 spiro atoms. The second-order valence-electron chi connectivity index (χ2n) is 9.15. The Morgan fingerprint density at radius 3 is 2.71 bits per heavy atom. The number of nitrogens with zero attached hydrogens (tertiary/aromatic N) is 9. The molecule has 0 saturated carbocycles. The quantitative estimate of drug-likeness (QED) is 0.373. The first kappa shape index (κ1) is 24.8. The Labute approximate surface area is 219 Å². The highest BCUT2D eigenvalue weighted by atomic mass is 16.4. The molecular formula is C26H26N10O2. The Bertz CT molecular complexity index is 1510. The summed E-state index contributed by atoms with van der Waals surface area (Å²) in [7, 11) is 0.